The van der Waals surface area contributed by atoms with Crippen molar-refractivity contribution in [2.45, 2.75) is 13.3 Å². The van der Waals surface area contributed by atoms with E-state index >= 15 is 0 Å². The highest BCUT2D eigenvalue weighted by Crippen LogP contribution is 2.30. The van der Waals surface area contributed by atoms with E-state index in [1.807, 2.05) is 31.2 Å². The number of rotatable bonds is 4. The zero-order chi connectivity index (χ0) is 17.1. The highest BCUT2D eigenvalue weighted by atomic mass is 16.5. The van der Waals surface area contributed by atoms with Crippen LogP contribution in [0.1, 0.15) is 12.5 Å². The number of amides is 3. The molecule has 24 heavy (non-hydrogen) atoms. The summed E-state index contributed by atoms with van der Waals surface area (Å²) in [7, 11) is 1.75. The monoisotopic (exact) mass is 325 g/mol. The Hall–Kier alpha value is -3.02. The van der Waals surface area contributed by atoms with Crippen LogP contribution in [0.25, 0.3) is 0 Å². The predicted octanol–water partition coefficient (Wildman–Crippen LogP) is 3.25. The Kier molecular flexibility index (Phi) is 4.37. The highest BCUT2D eigenvalue weighted by Gasteiger charge is 2.24. The Labute approximate surface area is 140 Å². The van der Waals surface area contributed by atoms with Crippen molar-refractivity contribution in [3.05, 3.63) is 48.0 Å². The fraction of sp³-hybridized carbons (Fsp3) is 0.222. The summed E-state index contributed by atoms with van der Waals surface area (Å²) < 4.78 is 5.49. The number of para-hydroxylation sites is 2. The first-order valence-electron chi connectivity index (χ1n) is 7.78. The molecule has 2 N–H and O–H groups in total. The lowest BCUT2D eigenvalue weighted by molar-refractivity contribution is -0.117. The van der Waals surface area contributed by atoms with Crippen LogP contribution in [0.15, 0.2) is 42.5 Å². The minimum Gasteiger partial charge on any atom is -0.492 e. The SMILES string of the molecule is CCOc1ccccc1NC(=O)Nc1ccc2c(c1)CC(=O)N2C. The summed E-state index contributed by atoms with van der Waals surface area (Å²) in [5.74, 6) is 0.675. The average Bonchev–Trinajstić information content (AvgIpc) is 2.83. The minimum atomic E-state index is -0.361. The average molecular weight is 325 g/mol. The first-order chi connectivity index (χ1) is 11.6. The van der Waals surface area contributed by atoms with Gasteiger partial charge in [-0.15, -0.1) is 0 Å². The number of ether oxygens (including phenoxy) is 1. The Balaban J connectivity index is 1.70. The molecule has 0 saturated heterocycles. The molecule has 0 radical (unpaired) electrons. The molecule has 0 saturated carbocycles. The molecule has 0 bridgehead atoms. The molecule has 1 aliphatic heterocycles. The van der Waals surface area contributed by atoms with Crippen LogP contribution in [-0.4, -0.2) is 25.6 Å². The summed E-state index contributed by atoms with van der Waals surface area (Å²) in [6.45, 7) is 2.41. The van der Waals surface area contributed by atoms with Gasteiger partial charge in [-0.2, -0.15) is 0 Å². The number of anilines is 3. The lowest BCUT2D eigenvalue weighted by atomic mass is 10.1. The van der Waals surface area contributed by atoms with Gasteiger partial charge >= 0.3 is 6.03 Å². The number of fused-ring (bicyclic) bond motifs is 1. The molecule has 1 heterocycles. The van der Waals surface area contributed by atoms with Gasteiger partial charge in [-0.3, -0.25) is 4.79 Å². The van der Waals surface area contributed by atoms with Crippen molar-refractivity contribution in [2.75, 3.05) is 29.2 Å². The number of likely N-dealkylation sites (N-methyl/N-ethyl adjacent to an activating group) is 1. The Morgan fingerprint density at radius 3 is 2.79 bits per heavy atom. The van der Waals surface area contributed by atoms with Gasteiger partial charge in [0, 0.05) is 18.4 Å². The molecule has 0 spiro atoms. The summed E-state index contributed by atoms with van der Waals surface area (Å²) in [4.78, 5) is 25.6. The molecule has 0 aromatic heterocycles. The third-order valence-electron chi connectivity index (χ3n) is 3.85. The topological polar surface area (TPSA) is 70.7 Å². The number of hydrogen-bond donors (Lipinski definition) is 2. The van der Waals surface area contributed by atoms with Crippen molar-refractivity contribution in [2.24, 2.45) is 0 Å². The van der Waals surface area contributed by atoms with Crippen LogP contribution >= 0.6 is 0 Å². The summed E-state index contributed by atoms with van der Waals surface area (Å²) in [5, 5.41) is 5.56. The van der Waals surface area contributed by atoms with E-state index in [2.05, 4.69) is 10.6 Å². The highest BCUT2D eigenvalue weighted by molar-refractivity contribution is 6.03. The molecule has 2 aromatic carbocycles. The quantitative estimate of drug-likeness (QED) is 0.906. The molecule has 0 aliphatic carbocycles. The Morgan fingerprint density at radius 2 is 2.00 bits per heavy atom. The fourth-order valence-electron chi connectivity index (χ4n) is 2.68. The molecule has 6 heteroatoms. The van der Waals surface area contributed by atoms with E-state index in [0.29, 0.717) is 30.2 Å². The fourth-order valence-corrected chi connectivity index (χ4v) is 2.68. The lowest BCUT2D eigenvalue weighted by Crippen LogP contribution is -2.20. The molecule has 6 nitrogen and oxygen atoms in total. The number of urea groups is 1. The second kappa shape index (κ2) is 6.62. The molecule has 0 fully saturated rings. The van der Waals surface area contributed by atoms with Crippen LogP contribution in [0.4, 0.5) is 21.9 Å². The molecule has 0 atom stereocenters. The van der Waals surface area contributed by atoms with Crippen molar-refractivity contribution in [3.63, 3.8) is 0 Å². The normalized spacial score (nSPS) is 12.8. The van der Waals surface area contributed by atoms with Gasteiger partial charge in [0.25, 0.3) is 0 Å². The number of nitrogens with one attached hydrogen (secondary N) is 2. The summed E-state index contributed by atoms with van der Waals surface area (Å²) >= 11 is 0. The predicted molar refractivity (Wildman–Crippen MR) is 93.8 cm³/mol. The number of carbonyl (C=O) groups is 2. The lowest BCUT2D eigenvalue weighted by Gasteiger charge is -2.13. The number of nitrogens with zero attached hydrogens (tertiary/aromatic N) is 1. The van der Waals surface area contributed by atoms with Gasteiger partial charge < -0.3 is 20.3 Å². The van der Waals surface area contributed by atoms with E-state index in [9.17, 15) is 9.59 Å². The molecule has 2 aromatic rings. The Bertz CT molecular complexity index is 789. The molecule has 1 aliphatic rings. The van der Waals surface area contributed by atoms with Gasteiger partial charge in [0.15, 0.2) is 0 Å². The van der Waals surface area contributed by atoms with Crippen molar-refractivity contribution in [1.29, 1.82) is 0 Å². The zero-order valence-corrected chi connectivity index (χ0v) is 13.6. The summed E-state index contributed by atoms with van der Waals surface area (Å²) in [6.07, 6.45) is 0.357. The number of carbonyl (C=O) groups excluding carboxylic acids is 2. The van der Waals surface area contributed by atoms with E-state index in [4.69, 9.17) is 4.74 Å². The molecule has 0 unspecified atom stereocenters. The number of benzene rings is 2. The minimum absolute atomic E-state index is 0.0530. The maximum Gasteiger partial charge on any atom is 0.323 e. The first-order valence-corrected chi connectivity index (χ1v) is 7.78. The van der Waals surface area contributed by atoms with E-state index in [1.165, 1.54) is 0 Å². The van der Waals surface area contributed by atoms with E-state index in [0.717, 1.165) is 11.3 Å². The molecular formula is C18H19N3O3. The van der Waals surface area contributed by atoms with Gasteiger partial charge in [-0.25, -0.2) is 4.79 Å². The molecular weight excluding hydrogens is 306 g/mol. The largest absolute Gasteiger partial charge is 0.492 e. The van der Waals surface area contributed by atoms with Gasteiger partial charge in [0.05, 0.1) is 18.7 Å². The van der Waals surface area contributed by atoms with Crippen LogP contribution in [0, 0.1) is 0 Å². The van der Waals surface area contributed by atoms with Crippen LogP contribution in [0.3, 0.4) is 0 Å². The van der Waals surface area contributed by atoms with Gasteiger partial charge in [0.1, 0.15) is 5.75 Å². The van der Waals surface area contributed by atoms with Crippen LogP contribution in [-0.2, 0) is 11.2 Å². The van der Waals surface area contributed by atoms with Gasteiger partial charge in [-0.05, 0) is 42.8 Å². The van der Waals surface area contributed by atoms with Gasteiger partial charge in [-0.1, -0.05) is 12.1 Å². The number of hydrogen-bond acceptors (Lipinski definition) is 3. The third-order valence-corrected chi connectivity index (χ3v) is 3.85. The maximum absolute atomic E-state index is 12.2. The van der Waals surface area contributed by atoms with Crippen LogP contribution in [0.5, 0.6) is 5.75 Å². The zero-order valence-electron chi connectivity index (χ0n) is 13.6. The van der Waals surface area contributed by atoms with Crippen molar-refractivity contribution >= 4 is 29.0 Å². The van der Waals surface area contributed by atoms with Crippen LogP contribution < -0.4 is 20.3 Å². The van der Waals surface area contributed by atoms with Crippen molar-refractivity contribution in [3.8, 4) is 5.75 Å². The molecule has 124 valence electrons. The summed E-state index contributed by atoms with van der Waals surface area (Å²) in [6, 6.07) is 12.3. The molecule has 3 rings (SSSR count). The van der Waals surface area contributed by atoms with E-state index in [1.54, 1.807) is 30.1 Å². The Morgan fingerprint density at radius 1 is 1.21 bits per heavy atom. The van der Waals surface area contributed by atoms with Crippen molar-refractivity contribution in [1.82, 2.24) is 0 Å². The van der Waals surface area contributed by atoms with E-state index in [-0.39, 0.29) is 11.9 Å². The van der Waals surface area contributed by atoms with Gasteiger partial charge in [0.2, 0.25) is 5.91 Å². The summed E-state index contributed by atoms with van der Waals surface area (Å²) in [5.41, 5.74) is 3.04. The van der Waals surface area contributed by atoms with Crippen LogP contribution in [0.2, 0.25) is 0 Å². The second-order valence-electron chi connectivity index (χ2n) is 5.48. The third kappa shape index (κ3) is 3.17. The van der Waals surface area contributed by atoms with E-state index < -0.39 is 0 Å². The standard InChI is InChI=1S/C18H19N3O3/c1-3-24-16-7-5-4-6-14(16)20-18(23)19-13-8-9-15-12(10-13)11-17(22)21(15)2/h4-10H,3,11H2,1-2H3,(H2,19,20,23). The second-order valence-corrected chi connectivity index (χ2v) is 5.48. The maximum atomic E-state index is 12.2. The molecule has 3 amide bonds. The first kappa shape index (κ1) is 15.9. The smallest absolute Gasteiger partial charge is 0.323 e. The van der Waals surface area contributed by atoms with Crippen molar-refractivity contribution < 1.29 is 14.3 Å².